The number of hydrogen-bond acceptors (Lipinski definition) is 5. The van der Waals surface area contributed by atoms with Gasteiger partial charge in [0.15, 0.2) is 0 Å². The van der Waals surface area contributed by atoms with Crippen LogP contribution in [0.5, 0.6) is 0 Å². The van der Waals surface area contributed by atoms with Crippen molar-refractivity contribution in [2.45, 2.75) is 19.4 Å². The van der Waals surface area contributed by atoms with E-state index < -0.39 is 11.5 Å². The van der Waals surface area contributed by atoms with E-state index in [0.717, 1.165) is 0 Å². The summed E-state index contributed by atoms with van der Waals surface area (Å²) in [6.45, 7) is 3.10. The number of carbonyl (C=O) groups excluding carboxylic acids is 1. The van der Waals surface area contributed by atoms with Crippen LogP contribution in [0.1, 0.15) is 13.8 Å². The van der Waals surface area contributed by atoms with Crippen LogP contribution >= 0.6 is 0 Å². The normalized spacial score (nSPS) is 11.2. The third kappa shape index (κ3) is 4.72. The first-order chi connectivity index (χ1) is 5.96. The number of carboxylic acid groups (broad SMARTS) is 1. The molecule has 0 radical (unpaired) electrons. The Kier molecular flexibility index (Phi) is 9.12. The zero-order chi connectivity index (χ0) is 10.5. The van der Waals surface area contributed by atoms with Crippen LogP contribution in [0.2, 0.25) is 0 Å². The summed E-state index contributed by atoms with van der Waals surface area (Å²) < 4.78 is 0. The first kappa shape index (κ1) is 16.8. The molecule has 78 valence electrons. The van der Waals surface area contributed by atoms with Crippen LogP contribution in [0.3, 0.4) is 0 Å². The number of nitrogens with zero attached hydrogens (tertiary/aromatic N) is 1. The Morgan fingerprint density at radius 2 is 1.64 bits per heavy atom. The topological polar surface area (TPSA) is 83.8 Å². The molecule has 0 unspecified atom stereocenters. The molecule has 0 amide bonds. The van der Waals surface area contributed by atoms with E-state index in [1.54, 1.807) is 0 Å². The van der Waals surface area contributed by atoms with Crippen LogP contribution in [-0.2, 0) is 4.79 Å². The number of carboxylic acids is 1. The molecule has 0 spiro atoms. The molecule has 0 aliphatic carbocycles. The van der Waals surface area contributed by atoms with E-state index in [4.69, 9.17) is 10.2 Å². The molecule has 0 saturated heterocycles. The number of rotatable bonds is 6. The number of aliphatic hydroxyl groups is 2. The molecular formula is C8H16NNaO4. The smallest absolute Gasteiger partial charge is 0.548 e. The van der Waals surface area contributed by atoms with E-state index in [2.05, 4.69) is 0 Å². The molecule has 0 rings (SSSR count). The molecule has 0 bridgehead atoms. The molecule has 0 aromatic heterocycles. The third-order valence-corrected chi connectivity index (χ3v) is 2.03. The Labute approximate surface area is 106 Å². The molecule has 2 N–H and O–H groups in total. The number of hydrogen-bond donors (Lipinski definition) is 2. The number of β-amino-alcohol motifs (C(OH)–C–C–N with tert-alkyl or cyclic N) is 2. The molecule has 6 heteroatoms. The van der Waals surface area contributed by atoms with Crippen molar-refractivity contribution in [1.29, 1.82) is 0 Å². The van der Waals surface area contributed by atoms with Crippen molar-refractivity contribution in [2.24, 2.45) is 0 Å². The molecule has 0 heterocycles. The summed E-state index contributed by atoms with van der Waals surface area (Å²) in [7, 11) is 0. The second-order valence-corrected chi connectivity index (χ2v) is 3.28. The van der Waals surface area contributed by atoms with Crippen LogP contribution in [0, 0.1) is 0 Å². The summed E-state index contributed by atoms with van der Waals surface area (Å²) in [6, 6.07) is 0. The maximum Gasteiger partial charge on any atom is 1.00 e. The maximum atomic E-state index is 10.7. The fourth-order valence-electron chi connectivity index (χ4n) is 1.04. The largest absolute Gasteiger partial charge is 1.00 e. The predicted octanol–water partition coefficient (Wildman–Crippen LogP) is -5.19. The second kappa shape index (κ2) is 7.62. The van der Waals surface area contributed by atoms with Gasteiger partial charge in [0.05, 0.1) is 24.7 Å². The predicted molar refractivity (Wildman–Crippen MR) is 44.8 cm³/mol. The molecule has 0 fully saturated rings. The summed E-state index contributed by atoms with van der Waals surface area (Å²) in [5, 5.41) is 28.0. The quantitative estimate of drug-likeness (QED) is 0.431. The van der Waals surface area contributed by atoms with Gasteiger partial charge in [-0.05, 0) is 13.8 Å². The SMILES string of the molecule is CC(C)(C(=O)[O-])N(CCO)CCO.[Na+]. The summed E-state index contributed by atoms with van der Waals surface area (Å²) in [4.78, 5) is 12.2. The molecule has 0 saturated carbocycles. The van der Waals surface area contributed by atoms with Crippen LogP contribution in [0.25, 0.3) is 0 Å². The molecule has 0 aliphatic rings. The minimum Gasteiger partial charge on any atom is -0.548 e. The van der Waals surface area contributed by atoms with Gasteiger partial charge in [0.25, 0.3) is 0 Å². The number of aliphatic carboxylic acids is 1. The Morgan fingerprint density at radius 1 is 1.29 bits per heavy atom. The summed E-state index contributed by atoms with van der Waals surface area (Å²) in [6.07, 6.45) is 0. The van der Waals surface area contributed by atoms with Gasteiger partial charge in [-0.25, -0.2) is 0 Å². The van der Waals surface area contributed by atoms with Crippen molar-refractivity contribution >= 4 is 5.97 Å². The van der Waals surface area contributed by atoms with Gasteiger partial charge < -0.3 is 20.1 Å². The maximum absolute atomic E-state index is 10.7. The molecule has 0 aromatic carbocycles. The minimum absolute atomic E-state index is 0. The molecule has 0 aliphatic heterocycles. The average molecular weight is 213 g/mol. The van der Waals surface area contributed by atoms with Crippen molar-refractivity contribution in [3.63, 3.8) is 0 Å². The van der Waals surface area contributed by atoms with Gasteiger partial charge in [0, 0.05) is 13.1 Å². The van der Waals surface area contributed by atoms with Gasteiger partial charge in [-0.1, -0.05) is 0 Å². The van der Waals surface area contributed by atoms with E-state index >= 15 is 0 Å². The zero-order valence-corrected chi connectivity index (χ0v) is 11.0. The number of carbonyl (C=O) groups is 1. The first-order valence-corrected chi connectivity index (χ1v) is 4.15. The summed E-state index contributed by atoms with van der Waals surface area (Å²) >= 11 is 0. The summed E-state index contributed by atoms with van der Waals surface area (Å²) in [5.74, 6) is -1.21. The Bertz CT molecular complexity index is 169. The first-order valence-electron chi connectivity index (χ1n) is 4.15. The Hall–Kier alpha value is 0.350. The molecule has 0 aromatic rings. The van der Waals surface area contributed by atoms with Crippen molar-refractivity contribution in [3.8, 4) is 0 Å². The molecule has 14 heavy (non-hydrogen) atoms. The monoisotopic (exact) mass is 213 g/mol. The van der Waals surface area contributed by atoms with Gasteiger partial charge in [-0.15, -0.1) is 0 Å². The Morgan fingerprint density at radius 3 is 1.86 bits per heavy atom. The van der Waals surface area contributed by atoms with E-state index in [9.17, 15) is 9.90 Å². The molecular weight excluding hydrogens is 197 g/mol. The second-order valence-electron chi connectivity index (χ2n) is 3.28. The fourth-order valence-corrected chi connectivity index (χ4v) is 1.04. The van der Waals surface area contributed by atoms with E-state index in [-0.39, 0.29) is 55.9 Å². The summed E-state index contributed by atoms with van der Waals surface area (Å²) in [5.41, 5.74) is -1.16. The van der Waals surface area contributed by atoms with E-state index in [1.165, 1.54) is 18.7 Å². The van der Waals surface area contributed by atoms with Gasteiger partial charge in [0.1, 0.15) is 0 Å². The van der Waals surface area contributed by atoms with Gasteiger partial charge in [0.2, 0.25) is 0 Å². The van der Waals surface area contributed by atoms with Crippen molar-refractivity contribution in [2.75, 3.05) is 26.3 Å². The van der Waals surface area contributed by atoms with Crippen molar-refractivity contribution in [1.82, 2.24) is 4.90 Å². The van der Waals surface area contributed by atoms with Gasteiger partial charge in [-0.2, -0.15) is 0 Å². The molecule has 5 nitrogen and oxygen atoms in total. The average Bonchev–Trinajstić information content (AvgIpc) is 2.03. The van der Waals surface area contributed by atoms with Crippen LogP contribution < -0.4 is 34.7 Å². The van der Waals surface area contributed by atoms with Crippen molar-refractivity contribution < 1.29 is 49.7 Å². The number of aliphatic hydroxyl groups excluding tert-OH is 2. The zero-order valence-electron chi connectivity index (χ0n) is 8.99. The minimum atomic E-state index is -1.21. The van der Waals surface area contributed by atoms with E-state index in [0.29, 0.717) is 0 Å². The third-order valence-electron chi connectivity index (χ3n) is 2.03. The van der Waals surface area contributed by atoms with Crippen LogP contribution in [0.15, 0.2) is 0 Å². The van der Waals surface area contributed by atoms with Crippen LogP contribution in [0.4, 0.5) is 0 Å². The van der Waals surface area contributed by atoms with Crippen molar-refractivity contribution in [3.05, 3.63) is 0 Å². The standard InChI is InChI=1S/C8H17NO4.Na/c1-8(2,7(12)13)9(3-5-10)4-6-11;/h10-11H,3-6H2,1-2H3,(H,12,13);/q;+1/p-1. The molecule has 0 atom stereocenters. The fraction of sp³-hybridized carbons (Fsp3) is 0.875. The Balaban J connectivity index is 0. The van der Waals surface area contributed by atoms with E-state index in [1.807, 2.05) is 0 Å². The van der Waals surface area contributed by atoms with Gasteiger partial charge >= 0.3 is 29.6 Å². The van der Waals surface area contributed by atoms with Gasteiger partial charge in [-0.3, -0.25) is 4.90 Å². The van der Waals surface area contributed by atoms with Crippen LogP contribution in [-0.4, -0.2) is 52.9 Å².